The van der Waals surface area contributed by atoms with Crippen LogP contribution in [0.3, 0.4) is 0 Å². The highest BCUT2D eigenvalue weighted by atomic mass is 32.2. The van der Waals surface area contributed by atoms with E-state index in [0.717, 1.165) is 5.56 Å². The van der Waals surface area contributed by atoms with Crippen molar-refractivity contribution >= 4 is 15.7 Å². The Morgan fingerprint density at radius 1 is 1.32 bits per heavy atom. The number of amides is 1. The summed E-state index contributed by atoms with van der Waals surface area (Å²) in [6.07, 6.45) is 2.33. The fourth-order valence-corrected chi connectivity index (χ4v) is 2.29. The molecule has 0 unspecified atom stereocenters. The lowest BCUT2D eigenvalue weighted by molar-refractivity contribution is -0.121. The quantitative estimate of drug-likeness (QED) is 0.728. The number of sulfone groups is 1. The van der Waals surface area contributed by atoms with E-state index >= 15 is 0 Å². The largest absolute Gasteiger partial charge is 0.508 e. The molecule has 0 aliphatic rings. The van der Waals surface area contributed by atoms with Crippen molar-refractivity contribution in [3.8, 4) is 5.75 Å². The number of carbonyl (C=O) groups excluding carboxylic acids is 1. The zero-order valence-electron chi connectivity index (χ0n) is 10.9. The molecule has 0 radical (unpaired) electrons. The molecule has 0 aliphatic heterocycles. The van der Waals surface area contributed by atoms with Crippen LogP contribution in [0.2, 0.25) is 0 Å². The van der Waals surface area contributed by atoms with Gasteiger partial charge in [-0.15, -0.1) is 0 Å². The topological polar surface area (TPSA) is 83.5 Å². The molecule has 0 fully saturated rings. The van der Waals surface area contributed by atoms with Crippen LogP contribution in [0.5, 0.6) is 5.75 Å². The Labute approximate surface area is 113 Å². The Morgan fingerprint density at radius 3 is 2.63 bits per heavy atom. The van der Waals surface area contributed by atoms with Crippen molar-refractivity contribution in [1.29, 1.82) is 0 Å². The number of phenolic OH excluding ortho intramolecular Hbond substituents is 1. The first-order valence-electron chi connectivity index (χ1n) is 6.10. The maximum atomic E-state index is 11.5. The first kappa shape index (κ1) is 15.5. The van der Waals surface area contributed by atoms with Gasteiger partial charge in [0, 0.05) is 19.2 Å². The van der Waals surface area contributed by atoms with E-state index in [0.29, 0.717) is 19.4 Å². The number of carbonyl (C=O) groups is 1. The second-order valence-electron chi connectivity index (χ2n) is 4.46. The van der Waals surface area contributed by atoms with Gasteiger partial charge in [0.2, 0.25) is 5.91 Å². The Hall–Kier alpha value is -1.56. The molecular formula is C13H19NO4S. The molecular weight excluding hydrogens is 266 g/mol. The van der Waals surface area contributed by atoms with Crippen molar-refractivity contribution < 1.29 is 18.3 Å². The molecule has 19 heavy (non-hydrogen) atoms. The summed E-state index contributed by atoms with van der Waals surface area (Å²) in [5.74, 6) is 0.122. The molecule has 0 saturated heterocycles. The molecule has 0 aromatic heterocycles. The lowest BCUT2D eigenvalue weighted by atomic mass is 10.1. The standard InChI is InChI=1S/C13H19NO4S/c1-19(17,18)10-4-9-14-13(16)8-7-11-5-2-3-6-12(11)15/h2-3,5-6,15H,4,7-10H2,1H3,(H,14,16). The molecule has 1 aromatic carbocycles. The van der Waals surface area contributed by atoms with Crippen molar-refractivity contribution in [2.24, 2.45) is 0 Å². The van der Waals surface area contributed by atoms with E-state index in [1.54, 1.807) is 24.3 Å². The second kappa shape index (κ2) is 7.13. The lowest BCUT2D eigenvalue weighted by Gasteiger charge is -2.06. The summed E-state index contributed by atoms with van der Waals surface area (Å²) in [4.78, 5) is 11.5. The predicted molar refractivity (Wildman–Crippen MR) is 73.8 cm³/mol. The molecule has 1 aromatic rings. The summed E-state index contributed by atoms with van der Waals surface area (Å²) < 4.78 is 21.8. The lowest BCUT2D eigenvalue weighted by Crippen LogP contribution is -2.26. The van der Waals surface area contributed by atoms with Crippen LogP contribution in [0.1, 0.15) is 18.4 Å². The van der Waals surface area contributed by atoms with Gasteiger partial charge >= 0.3 is 0 Å². The minimum atomic E-state index is -2.97. The van der Waals surface area contributed by atoms with Crippen LogP contribution in [-0.2, 0) is 21.1 Å². The molecule has 106 valence electrons. The van der Waals surface area contributed by atoms with Crippen LogP contribution in [-0.4, -0.2) is 38.0 Å². The zero-order valence-corrected chi connectivity index (χ0v) is 11.7. The number of para-hydroxylation sites is 1. The average molecular weight is 285 g/mol. The summed E-state index contributed by atoms with van der Waals surface area (Å²) in [5, 5.41) is 12.2. The van der Waals surface area contributed by atoms with E-state index in [-0.39, 0.29) is 23.8 Å². The number of benzene rings is 1. The van der Waals surface area contributed by atoms with Gasteiger partial charge in [-0.3, -0.25) is 4.79 Å². The third kappa shape index (κ3) is 6.81. The van der Waals surface area contributed by atoms with Crippen molar-refractivity contribution in [3.05, 3.63) is 29.8 Å². The summed E-state index contributed by atoms with van der Waals surface area (Å²) in [7, 11) is -2.97. The molecule has 0 bridgehead atoms. The third-order valence-corrected chi connectivity index (χ3v) is 3.66. The molecule has 5 nitrogen and oxygen atoms in total. The van der Waals surface area contributed by atoms with Crippen LogP contribution in [0.15, 0.2) is 24.3 Å². The summed E-state index contributed by atoms with van der Waals surface area (Å²) in [5.41, 5.74) is 0.730. The average Bonchev–Trinajstić information content (AvgIpc) is 2.32. The normalized spacial score (nSPS) is 11.2. The Morgan fingerprint density at radius 2 is 2.00 bits per heavy atom. The molecule has 1 rings (SSSR count). The van der Waals surface area contributed by atoms with E-state index in [1.807, 2.05) is 0 Å². The number of phenols is 1. The fourth-order valence-electron chi connectivity index (χ4n) is 1.62. The smallest absolute Gasteiger partial charge is 0.220 e. The summed E-state index contributed by atoms with van der Waals surface area (Å²) >= 11 is 0. The van der Waals surface area contributed by atoms with E-state index in [9.17, 15) is 18.3 Å². The van der Waals surface area contributed by atoms with Gasteiger partial charge in [-0.2, -0.15) is 0 Å². The van der Waals surface area contributed by atoms with Gasteiger partial charge < -0.3 is 10.4 Å². The van der Waals surface area contributed by atoms with Gasteiger partial charge in [-0.25, -0.2) is 8.42 Å². The number of hydrogen-bond donors (Lipinski definition) is 2. The third-order valence-electron chi connectivity index (χ3n) is 2.63. The van der Waals surface area contributed by atoms with Gasteiger partial charge in [0.15, 0.2) is 0 Å². The second-order valence-corrected chi connectivity index (χ2v) is 6.72. The van der Waals surface area contributed by atoms with E-state index < -0.39 is 9.84 Å². The molecule has 0 spiro atoms. The van der Waals surface area contributed by atoms with E-state index in [1.165, 1.54) is 6.26 Å². The summed E-state index contributed by atoms with van der Waals surface area (Å²) in [6, 6.07) is 6.88. The minimum absolute atomic E-state index is 0.0761. The van der Waals surface area contributed by atoms with E-state index in [4.69, 9.17) is 0 Å². The van der Waals surface area contributed by atoms with Crippen LogP contribution < -0.4 is 5.32 Å². The van der Waals surface area contributed by atoms with Crippen LogP contribution >= 0.6 is 0 Å². The highest BCUT2D eigenvalue weighted by Crippen LogP contribution is 2.16. The Balaban J connectivity index is 2.24. The molecule has 0 aliphatic carbocycles. The van der Waals surface area contributed by atoms with Crippen molar-refractivity contribution in [3.63, 3.8) is 0 Å². The molecule has 0 saturated carbocycles. The highest BCUT2D eigenvalue weighted by molar-refractivity contribution is 7.90. The Kier molecular flexibility index (Phi) is 5.82. The number of aromatic hydroxyl groups is 1. The molecule has 2 N–H and O–H groups in total. The minimum Gasteiger partial charge on any atom is -0.508 e. The first-order valence-corrected chi connectivity index (χ1v) is 8.16. The van der Waals surface area contributed by atoms with Crippen molar-refractivity contribution in [2.45, 2.75) is 19.3 Å². The van der Waals surface area contributed by atoms with Gasteiger partial charge in [0.05, 0.1) is 5.75 Å². The van der Waals surface area contributed by atoms with Crippen LogP contribution in [0.25, 0.3) is 0 Å². The molecule has 0 heterocycles. The monoisotopic (exact) mass is 285 g/mol. The predicted octanol–water partition coefficient (Wildman–Crippen LogP) is 0.876. The maximum absolute atomic E-state index is 11.5. The van der Waals surface area contributed by atoms with Gasteiger partial charge in [0.1, 0.15) is 15.6 Å². The van der Waals surface area contributed by atoms with Crippen molar-refractivity contribution in [2.75, 3.05) is 18.6 Å². The molecule has 6 heteroatoms. The first-order chi connectivity index (χ1) is 8.88. The van der Waals surface area contributed by atoms with Gasteiger partial charge in [-0.1, -0.05) is 18.2 Å². The van der Waals surface area contributed by atoms with Crippen molar-refractivity contribution in [1.82, 2.24) is 5.32 Å². The summed E-state index contributed by atoms with van der Waals surface area (Å²) in [6.45, 7) is 0.354. The number of nitrogens with one attached hydrogen (secondary N) is 1. The number of hydrogen-bond acceptors (Lipinski definition) is 4. The number of rotatable bonds is 7. The van der Waals surface area contributed by atoms with Gasteiger partial charge in [0.25, 0.3) is 0 Å². The fraction of sp³-hybridized carbons (Fsp3) is 0.462. The molecule has 0 atom stereocenters. The Bertz CT molecular complexity index is 525. The highest BCUT2D eigenvalue weighted by Gasteiger charge is 2.06. The van der Waals surface area contributed by atoms with Crippen LogP contribution in [0.4, 0.5) is 0 Å². The maximum Gasteiger partial charge on any atom is 0.220 e. The van der Waals surface area contributed by atoms with Crippen LogP contribution in [0, 0.1) is 0 Å². The zero-order chi connectivity index (χ0) is 14.3. The van der Waals surface area contributed by atoms with E-state index in [2.05, 4.69) is 5.32 Å². The SMILES string of the molecule is CS(=O)(=O)CCCNC(=O)CCc1ccccc1O. The molecule has 1 amide bonds. The number of aryl methyl sites for hydroxylation is 1. The van der Waals surface area contributed by atoms with Gasteiger partial charge in [-0.05, 0) is 24.5 Å².